The summed E-state index contributed by atoms with van der Waals surface area (Å²) in [5.41, 5.74) is 3.03. The molecule has 1 N–H and O–H groups in total. The summed E-state index contributed by atoms with van der Waals surface area (Å²) in [5.74, 6) is 0.788. The Balaban J connectivity index is 2.18. The van der Waals surface area contributed by atoms with Gasteiger partial charge in [0.05, 0.1) is 13.2 Å². The molecule has 3 nitrogen and oxygen atoms in total. The summed E-state index contributed by atoms with van der Waals surface area (Å²) in [6, 6.07) is 17.4. The summed E-state index contributed by atoms with van der Waals surface area (Å²) < 4.78 is 5.11. The summed E-state index contributed by atoms with van der Waals surface area (Å²) in [6.07, 6.45) is 0. The third kappa shape index (κ3) is 3.26. The van der Waals surface area contributed by atoms with E-state index in [-0.39, 0.29) is 6.04 Å². The van der Waals surface area contributed by atoms with Gasteiger partial charge in [-0.25, -0.2) is 0 Å². The first kappa shape index (κ1) is 13.0. The van der Waals surface area contributed by atoms with Crippen molar-refractivity contribution in [2.24, 2.45) is 0 Å². The fourth-order valence-corrected chi connectivity index (χ4v) is 1.89. The minimum atomic E-state index is -0.368. The van der Waals surface area contributed by atoms with E-state index in [1.165, 1.54) is 0 Å². The van der Waals surface area contributed by atoms with Crippen molar-refractivity contribution >= 4 is 5.69 Å². The van der Waals surface area contributed by atoms with E-state index >= 15 is 0 Å². The zero-order valence-corrected chi connectivity index (χ0v) is 11.1. The van der Waals surface area contributed by atoms with Crippen LogP contribution >= 0.6 is 0 Å². The zero-order chi connectivity index (χ0) is 13.7. The molecule has 1 atom stereocenters. The molecule has 0 saturated heterocycles. The van der Waals surface area contributed by atoms with Gasteiger partial charge in [-0.1, -0.05) is 24.3 Å². The smallest absolute Gasteiger partial charge is 0.140 e. The first-order chi connectivity index (χ1) is 9.22. The van der Waals surface area contributed by atoms with E-state index in [1.807, 2.05) is 55.5 Å². The number of rotatable bonds is 4. The maximum atomic E-state index is 9.29. The molecule has 0 aliphatic heterocycles. The predicted octanol–water partition coefficient (Wildman–Crippen LogP) is 3.68. The number of benzene rings is 2. The van der Waals surface area contributed by atoms with Crippen molar-refractivity contribution in [1.29, 1.82) is 5.26 Å². The molecule has 0 heterocycles. The Morgan fingerprint density at radius 3 is 2.47 bits per heavy atom. The maximum absolute atomic E-state index is 9.29. The highest BCUT2D eigenvalue weighted by molar-refractivity contribution is 5.49. The van der Waals surface area contributed by atoms with Crippen molar-refractivity contribution < 1.29 is 4.74 Å². The van der Waals surface area contributed by atoms with Gasteiger partial charge in [-0.15, -0.1) is 0 Å². The Morgan fingerprint density at radius 1 is 1.16 bits per heavy atom. The standard InChI is InChI=1S/C16H16N2O/c1-12-4-3-5-14(10-12)18-16(11-17)13-6-8-15(19-2)9-7-13/h3-10,16,18H,1-2H3. The molecule has 2 rings (SSSR count). The number of ether oxygens (including phenoxy) is 1. The van der Waals surface area contributed by atoms with Crippen LogP contribution in [0.3, 0.4) is 0 Å². The average Bonchev–Trinajstić information content (AvgIpc) is 2.45. The van der Waals surface area contributed by atoms with Crippen molar-refractivity contribution in [2.45, 2.75) is 13.0 Å². The zero-order valence-electron chi connectivity index (χ0n) is 11.1. The molecule has 96 valence electrons. The van der Waals surface area contributed by atoms with Crippen LogP contribution in [0.1, 0.15) is 17.2 Å². The van der Waals surface area contributed by atoms with Crippen LogP contribution in [0.2, 0.25) is 0 Å². The minimum Gasteiger partial charge on any atom is -0.497 e. The first-order valence-corrected chi connectivity index (χ1v) is 6.09. The lowest BCUT2D eigenvalue weighted by atomic mass is 10.1. The van der Waals surface area contributed by atoms with E-state index in [2.05, 4.69) is 11.4 Å². The maximum Gasteiger partial charge on any atom is 0.140 e. The van der Waals surface area contributed by atoms with Gasteiger partial charge >= 0.3 is 0 Å². The molecule has 0 bridgehead atoms. The van der Waals surface area contributed by atoms with E-state index in [9.17, 15) is 5.26 Å². The van der Waals surface area contributed by atoms with Crippen LogP contribution in [-0.2, 0) is 0 Å². The summed E-state index contributed by atoms with van der Waals surface area (Å²) in [6.45, 7) is 2.03. The number of methoxy groups -OCH3 is 1. The van der Waals surface area contributed by atoms with Gasteiger partial charge in [-0.05, 0) is 42.3 Å². The summed E-state index contributed by atoms with van der Waals surface area (Å²) in [7, 11) is 1.63. The van der Waals surface area contributed by atoms with Gasteiger partial charge in [0.2, 0.25) is 0 Å². The second-order valence-corrected chi connectivity index (χ2v) is 4.35. The molecule has 0 spiro atoms. The number of hydrogen-bond donors (Lipinski definition) is 1. The van der Waals surface area contributed by atoms with Gasteiger partial charge in [0.1, 0.15) is 11.8 Å². The van der Waals surface area contributed by atoms with E-state index in [0.29, 0.717) is 0 Å². The molecule has 19 heavy (non-hydrogen) atoms. The lowest BCUT2D eigenvalue weighted by Crippen LogP contribution is -2.08. The Labute approximate surface area is 113 Å². The largest absolute Gasteiger partial charge is 0.497 e. The van der Waals surface area contributed by atoms with Crippen LogP contribution < -0.4 is 10.1 Å². The van der Waals surface area contributed by atoms with Gasteiger partial charge in [0.25, 0.3) is 0 Å². The van der Waals surface area contributed by atoms with Crippen molar-refractivity contribution in [3.8, 4) is 11.8 Å². The first-order valence-electron chi connectivity index (χ1n) is 6.09. The van der Waals surface area contributed by atoms with Crippen LogP contribution in [0.5, 0.6) is 5.75 Å². The third-order valence-electron chi connectivity index (χ3n) is 2.91. The number of anilines is 1. The number of nitriles is 1. The second-order valence-electron chi connectivity index (χ2n) is 4.35. The summed E-state index contributed by atoms with van der Waals surface area (Å²) in [5, 5.41) is 12.5. The van der Waals surface area contributed by atoms with Crippen LogP contribution in [0.25, 0.3) is 0 Å². The second kappa shape index (κ2) is 5.92. The van der Waals surface area contributed by atoms with E-state index in [1.54, 1.807) is 7.11 Å². The third-order valence-corrected chi connectivity index (χ3v) is 2.91. The van der Waals surface area contributed by atoms with E-state index in [0.717, 1.165) is 22.6 Å². The molecule has 1 unspecified atom stereocenters. The molecule has 0 radical (unpaired) electrons. The Morgan fingerprint density at radius 2 is 1.89 bits per heavy atom. The van der Waals surface area contributed by atoms with Crippen molar-refractivity contribution in [3.63, 3.8) is 0 Å². The number of aryl methyl sites for hydroxylation is 1. The highest BCUT2D eigenvalue weighted by atomic mass is 16.5. The van der Waals surface area contributed by atoms with Crippen LogP contribution in [0.4, 0.5) is 5.69 Å². The average molecular weight is 252 g/mol. The molecule has 3 heteroatoms. The number of hydrogen-bond acceptors (Lipinski definition) is 3. The SMILES string of the molecule is COc1ccc(C(C#N)Nc2cccc(C)c2)cc1. The fourth-order valence-electron chi connectivity index (χ4n) is 1.89. The van der Waals surface area contributed by atoms with Crippen molar-refractivity contribution in [2.75, 3.05) is 12.4 Å². The molecule has 0 saturated carbocycles. The van der Waals surface area contributed by atoms with Crippen LogP contribution in [0, 0.1) is 18.3 Å². The Kier molecular flexibility index (Phi) is 4.04. The predicted molar refractivity (Wildman–Crippen MR) is 76.1 cm³/mol. The monoisotopic (exact) mass is 252 g/mol. The van der Waals surface area contributed by atoms with Crippen molar-refractivity contribution in [3.05, 3.63) is 59.7 Å². The molecule has 0 aliphatic carbocycles. The Bertz CT molecular complexity index is 584. The van der Waals surface area contributed by atoms with Gasteiger partial charge in [-0.3, -0.25) is 0 Å². The van der Waals surface area contributed by atoms with Crippen LogP contribution in [0.15, 0.2) is 48.5 Å². The highest BCUT2D eigenvalue weighted by Gasteiger charge is 2.10. The molecule has 0 fully saturated rings. The lowest BCUT2D eigenvalue weighted by molar-refractivity contribution is 0.414. The normalized spacial score (nSPS) is 11.4. The topological polar surface area (TPSA) is 45.0 Å². The number of nitrogens with zero attached hydrogens (tertiary/aromatic N) is 1. The Hall–Kier alpha value is -2.47. The molecule has 2 aromatic rings. The van der Waals surface area contributed by atoms with E-state index < -0.39 is 0 Å². The fraction of sp³-hybridized carbons (Fsp3) is 0.188. The van der Waals surface area contributed by atoms with Crippen molar-refractivity contribution in [1.82, 2.24) is 0 Å². The van der Waals surface area contributed by atoms with Gasteiger partial charge in [0.15, 0.2) is 0 Å². The molecule has 0 aromatic heterocycles. The highest BCUT2D eigenvalue weighted by Crippen LogP contribution is 2.22. The summed E-state index contributed by atoms with van der Waals surface area (Å²) >= 11 is 0. The molecular weight excluding hydrogens is 236 g/mol. The summed E-state index contributed by atoms with van der Waals surface area (Å²) in [4.78, 5) is 0. The molecule has 2 aromatic carbocycles. The number of nitrogens with one attached hydrogen (secondary N) is 1. The van der Waals surface area contributed by atoms with E-state index in [4.69, 9.17) is 4.74 Å². The van der Waals surface area contributed by atoms with Crippen LogP contribution in [-0.4, -0.2) is 7.11 Å². The minimum absolute atomic E-state index is 0.368. The molecular formula is C16H16N2O. The van der Waals surface area contributed by atoms with Gasteiger partial charge in [0, 0.05) is 5.69 Å². The lowest BCUT2D eigenvalue weighted by Gasteiger charge is -2.14. The van der Waals surface area contributed by atoms with Gasteiger partial charge in [-0.2, -0.15) is 5.26 Å². The molecule has 0 amide bonds. The van der Waals surface area contributed by atoms with Gasteiger partial charge < -0.3 is 10.1 Å². The molecule has 0 aliphatic rings. The quantitative estimate of drug-likeness (QED) is 0.902.